The molecule has 5 heteroatoms. The van der Waals surface area contributed by atoms with Gasteiger partial charge in [-0.05, 0) is 20.8 Å². The molecular weight excluding hydrogens is 368 g/mol. The number of carbonyl (C=O) groups excluding carboxylic acids is 1. The predicted octanol–water partition coefficient (Wildman–Crippen LogP) is 4.93. The molecule has 0 fully saturated rings. The van der Waals surface area contributed by atoms with Crippen molar-refractivity contribution in [2.24, 2.45) is 4.99 Å². The molecule has 0 saturated carbocycles. The molecule has 0 spiro atoms. The number of hydrogen-bond donors (Lipinski definition) is 0. The van der Waals surface area contributed by atoms with Crippen LogP contribution >= 0.6 is 11.3 Å². The summed E-state index contributed by atoms with van der Waals surface area (Å²) in [5.41, 5.74) is 4.71. The van der Waals surface area contributed by atoms with Crippen LogP contribution in [0.25, 0.3) is 0 Å². The van der Waals surface area contributed by atoms with Gasteiger partial charge in [0, 0.05) is 22.9 Å². The number of ether oxygens (including phenoxy) is 1. The van der Waals surface area contributed by atoms with E-state index in [4.69, 9.17) is 9.73 Å². The summed E-state index contributed by atoms with van der Waals surface area (Å²) in [4.78, 5) is 22.1. The lowest BCUT2D eigenvalue weighted by Gasteiger charge is -2.23. The van der Waals surface area contributed by atoms with Crippen LogP contribution in [0.3, 0.4) is 0 Å². The molecule has 1 heterocycles. The number of nitrogens with zero attached hydrogens (tertiary/aromatic N) is 2. The SMILES string of the molecule is CC(C)(C)OC(=O)C(Cc1cscn1)N=C(c1ccccc1)c1ccccc1. The molecule has 1 atom stereocenters. The van der Waals surface area contributed by atoms with Gasteiger partial charge in [0.05, 0.1) is 16.9 Å². The number of aromatic nitrogens is 1. The van der Waals surface area contributed by atoms with Crippen molar-refractivity contribution in [3.05, 3.63) is 88.4 Å². The maximum atomic E-state index is 12.9. The quantitative estimate of drug-likeness (QED) is 0.441. The van der Waals surface area contributed by atoms with Crippen LogP contribution in [0, 0.1) is 0 Å². The minimum Gasteiger partial charge on any atom is -0.458 e. The van der Waals surface area contributed by atoms with Gasteiger partial charge >= 0.3 is 5.97 Å². The third-order valence-electron chi connectivity index (χ3n) is 3.94. The van der Waals surface area contributed by atoms with Crippen molar-refractivity contribution in [3.63, 3.8) is 0 Å². The van der Waals surface area contributed by atoms with Gasteiger partial charge in [0.25, 0.3) is 0 Å². The average molecular weight is 393 g/mol. The molecule has 4 nitrogen and oxygen atoms in total. The van der Waals surface area contributed by atoms with Crippen LogP contribution in [0.5, 0.6) is 0 Å². The second-order valence-corrected chi connectivity index (χ2v) is 8.16. The molecule has 0 saturated heterocycles. The summed E-state index contributed by atoms with van der Waals surface area (Å²) in [6, 6.07) is 19.1. The van der Waals surface area contributed by atoms with Gasteiger partial charge in [0.2, 0.25) is 0 Å². The van der Waals surface area contributed by atoms with Crippen molar-refractivity contribution in [1.29, 1.82) is 0 Å². The molecular formula is C23H24N2O2S. The average Bonchev–Trinajstić information content (AvgIpc) is 3.18. The lowest BCUT2D eigenvalue weighted by molar-refractivity contribution is -0.156. The Morgan fingerprint density at radius 1 is 1.04 bits per heavy atom. The highest BCUT2D eigenvalue weighted by molar-refractivity contribution is 7.07. The van der Waals surface area contributed by atoms with Crippen molar-refractivity contribution in [2.75, 3.05) is 0 Å². The third-order valence-corrected chi connectivity index (χ3v) is 4.58. The van der Waals surface area contributed by atoms with E-state index >= 15 is 0 Å². The first-order valence-electron chi connectivity index (χ1n) is 9.21. The topological polar surface area (TPSA) is 51.5 Å². The monoisotopic (exact) mass is 392 g/mol. The first-order chi connectivity index (χ1) is 13.4. The zero-order valence-electron chi connectivity index (χ0n) is 16.3. The van der Waals surface area contributed by atoms with Crippen molar-refractivity contribution < 1.29 is 9.53 Å². The van der Waals surface area contributed by atoms with E-state index in [-0.39, 0.29) is 5.97 Å². The maximum Gasteiger partial charge on any atom is 0.331 e. The van der Waals surface area contributed by atoms with Crippen LogP contribution in [0.15, 0.2) is 76.5 Å². The summed E-state index contributed by atoms with van der Waals surface area (Å²) >= 11 is 1.51. The second-order valence-electron chi connectivity index (χ2n) is 7.44. The smallest absolute Gasteiger partial charge is 0.331 e. The maximum absolute atomic E-state index is 12.9. The molecule has 0 amide bonds. The fraction of sp³-hybridized carbons (Fsp3) is 0.261. The van der Waals surface area contributed by atoms with Crippen molar-refractivity contribution >= 4 is 23.0 Å². The summed E-state index contributed by atoms with van der Waals surface area (Å²) in [7, 11) is 0. The summed E-state index contributed by atoms with van der Waals surface area (Å²) in [6.45, 7) is 5.59. The number of esters is 1. The van der Waals surface area contributed by atoms with Gasteiger partial charge in [0.15, 0.2) is 6.04 Å². The van der Waals surface area contributed by atoms with Gasteiger partial charge in [0.1, 0.15) is 5.60 Å². The van der Waals surface area contributed by atoms with Crippen molar-refractivity contribution in [1.82, 2.24) is 4.98 Å². The first kappa shape index (κ1) is 20.0. The second kappa shape index (κ2) is 8.93. The minimum absolute atomic E-state index is 0.343. The van der Waals surface area contributed by atoms with Crippen LogP contribution in [0.2, 0.25) is 0 Å². The molecule has 2 aromatic carbocycles. The Hall–Kier alpha value is -2.79. The summed E-state index contributed by atoms with van der Waals surface area (Å²) in [5, 5.41) is 1.94. The number of benzene rings is 2. The molecule has 28 heavy (non-hydrogen) atoms. The number of hydrogen-bond acceptors (Lipinski definition) is 5. The van der Waals surface area contributed by atoms with Gasteiger partial charge in [-0.3, -0.25) is 4.99 Å². The number of rotatable bonds is 6. The number of aliphatic imine (C=N–C) groups is 1. The van der Waals surface area contributed by atoms with Crippen LogP contribution < -0.4 is 0 Å². The largest absolute Gasteiger partial charge is 0.458 e. The van der Waals surface area contributed by atoms with E-state index in [2.05, 4.69) is 4.98 Å². The molecule has 1 unspecified atom stereocenters. The lowest BCUT2D eigenvalue weighted by Crippen LogP contribution is -2.33. The zero-order chi connectivity index (χ0) is 20.0. The molecule has 0 bridgehead atoms. The Bertz CT molecular complexity index is 873. The predicted molar refractivity (Wildman–Crippen MR) is 114 cm³/mol. The molecule has 0 radical (unpaired) electrons. The molecule has 0 aliphatic rings. The lowest BCUT2D eigenvalue weighted by atomic mass is 10.0. The van der Waals surface area contributed by atoms with E-state index in [0.717, 1.165) is 22.5 Å². The van der Waals surface area contributed by atoms with Crippen LogP contribution in [-0.4, -0.2) is 28.3 Å². The highest BCUT2D eigenvalue weighted by Gasteiger charge is 2.26. The van der Waals surface area contributed by atoms with Crippen molar-refractivity contribution in [3.8, 4) is 0 Å². The van der Waals surface area contributed by atoms with E-state index in [1.807, 2.05) is 86.8 Å². The van der Waals surface area contributed by atoms with Crippen LogP contribution in [0.4, 0.5) is 0 Å². The van der Waals surface area contributed by atoms with E-state index in [1.54, 1.807) is 5.51 Å². The van der Waals surface area contributed by atoms with E-state index < -0.39 is 11.6 Å². The Morgan fingerprint density at radius 3 is 2.07 bits per heavy atom. The fourth-order valence-corrected chi connectivity index (χ4v) is 3.32. The third kappa shape index (κ3) is 5.60. The van der Waals surface area contributed by atoms with Crippen LogP contribution in [0.1, 0.15) is 37.6 Å². The highest BCUT2D eigenvalue weighted by atomic mass is 32.1. The minimum atomic E-state index is -0.670. The Balaban J connectivity index is 2.03. The summed E-state index contributed by atoms with van der Waals surface area (Å²) < 4.78 is 5.65. The Morgan fingerprint density at radius 2 is 1.61 bits per heavy atom. The zero-order valence-corrected chi connectivity index (χ0v) is 17.1. The van der Waals surface area contributed by atoms with Crippen molar-refractivity contribution in [2.45, 2.75) is 38.8 Å². The standard InChI is InChI=1S/C23H24N2O2S/c1-23(2,3)27-22(26)20(14-19-15-28-16-24-19)25-21(17-10-6-4-7-11-17)18-12-8-5-9-13-18/h4-13,15-16,20H,14H2,1-3H3. The Labute approximate surface area is 169 Å². The molecule has 0 aliphatic carbocycles. The highest BCUT2D eigenvalue weighted by Crippen LogP contribution is 2.18. The van der Waals surface area contributed by atoms with Gasteiger partial charge in [-0.25, -0.2) is 9.78 Å². The van der Waals surface area contributed by atoms with E-state index in [9.17, 15) is 4.79 Å². The van der Waals surface area contributed by atoms with Gasteiger partial charge in [-0.1, -0.05) is 60.7 Å². The van der Waals surface area contributed by atoms with E-state index in [1.165, 1.54) is 11.3 Å². The summed E-state index contributed by atoms with van der Waals surface area (Å²) in [6.07, 6.45) is 0.404. The van der Waals surface area contributed by atoms with Gasteiger partial charge in [-0.2, -0.15) is 0 Å². The molecule has 0 N–H and O–H groups in total. The normalized spacial score (nSPS) is 12.2. The molecule has 3 aromatic rings. The van der Waals surface area contributed by atoms with Gasteiger partial charge < -0.3 is 4.74 Å². The van der Waals surface area contributed by atoms with E-state index in [0.29, 0.717) is 6.42 Å². The molecule has 1 aromatic heterocycles. The summed E-state index contributed by atoms with van der Waals surface area (Å²) in [5.74, 6) is -0.343. The number of carbonyl (C=O) groups is 1. The van der Waals surface area contributed by atoms with Gasteiger partial charge in [-0.15, -0.1) is 11.3 Å². The fourth-order valence-electron chi connectivity index (χ4n) is 2.75. The van der Waals surface area contributed by atoms with Crippen LogP contribution in [-0.2, 0) is 16.0 Å². The Kier molecular flexibility index (Phi) is 6.37. The first-order valence-corrected chi connectivity index (χ1v) is 10.2. The molecule has 0 aliphatic heterocycles. The molecule has 3 rings (SSSR count). The molecule has 144 valence electrons. The number of thiazole rings is 1.